The average Bonchev–Trinajstić information content (AvgIpc) is 3.01. The minimum Gasteiger partial charge on any atom is -0.366 e. The summed E-state index contributed by atoms with van der Waals surface area (Å²) in [4.78, 5) is 11.2. The molecule has 1 aliphatic rings. The highest BCUT2D eigenvalue weighted by atomic mass is 32.1. The van der Waals surface area contributed by atoms with Gasteiger partial charge in [0.05, 0.1) is 5.39 Å². The molecule has 2 aromatic heterocycles. The van der Waals surface area contributed by atoms with Crippen molar-refractivity contribution in [1.29, 1.82) is 0 Å². The van der Waals surface area contributed by atoms with Crippen LogP contribution in [0.5, 0.6) is 0 Å². The highest BCUT2D eigenvalue weighted by molar-refractivity contribution is 7.18. The fourth-order valence-corrected chi connectivity index (χ4v) is 4.30. The third-order valence-electron chi connectivity index (χ3n) is 4.72. The Morgan fingerprint density at radius 3 is 2.86 bits per heavy atom. The summed E-state index contributed by atoms with van der Waals surface area (Å²) in [5.41, 5.74) is 2.57. The van der Waals surface area contributed by atoms with E-state index in [2.05, 4.69) is 47.5 Å². The smallest absolute Gasteiger partial charge is 0.240 e. The maximum absolute atomic E-state index is 5.50. The number of thiophene rings is 1. The van der Waals surface area contributed by atoms with E-state index in [9.17, 15) is 0 Å². The number of rotatable bonds is 4. The Morgan fingerprint density at radius 1 is 1.38 bits per heavy atom. The van der Waals surface area contributed by atoms with Gasteiger partial charge in [-0.3, -0.25) is 5.43 Å². The summed E-state index contributed by atoms with van der Waals surface area (Å²) >= 11 is 1.67. The van der Waals surface area contributed by atoms with Crippen LogP contribution < -0.4 is 16.6 Å². The molecule has 0 aromatic carbocycles. The molecule has 3 unspecified atom stereocenters. The van der Waals surface area contributed by atoms with Crippen LogP contribution in [-0.2, 0) is 0 Å². The van der Waals surface area contributed by atoms with Crippen molar-refractivity contribution in [1.82, 2.24) is 9.97 Å². The molecular weight excluding hydrogens is 282 g/mol. The highest BCUT2D eigenvalue weighted by Gasteiger charge is 2.32. The topological polar surface area (TPSA) is 75.9 Å². The van der Waals surface area contributed by atoms with Crippen molar-refractivity contribution in [2.75, 3.05) is 10.7 Å². The maximum Gasteiger partial charge on any atom is 0.240 e. The lowest BCUT2D eigenvalue weighted by Crippen LogP contribution is -2.25. The van der Waals surface area contributed by atoms with Crippen molar-refractivity contribution in [3.05, 3.63) is 10.9 Å². The summed E-state index contributed by atoms with van der Waals surface area (Å²) in [6.07, 6.45) is 3.76. The number of aromatic nitrogens is 2. The van der Waals surface area contributed by atoms with Crippen LogP contribution in [0.25, 0.3) is 10.2 Å². The SMILES string of the molecule is CCC1CCC(Nc2nc(NN)nc3sc(C)cc23)C1C. The number of nitrogens with one attached hydrogen (secondary N) is 2. The van der Waals surface area contributed by atoms with Gasteiger partial charge in [0.15, 0.2) is 0 Å². The fraction of sp³-hybridized carbons (Fsp3) is 0.600. The molecular formula is C15H23N5S. The molecule has 114 valence electrons. The molecule has 1 aliphatic carbocycles. The molecule has 0 aliphatic heterocycles. The van der Waals surface area contributed by atoms with Gasteiger partial charge in [0, 0.05) is 10.9 Å². The fourth-order valence-electron chi connectivity index (χ4n) is 3.42. The first-order valence-electron chi connectivity index (χ1n) is 7.63. The summed E-state index contributed by atoms with van der Waals surface area (Å²) in [5.74, 6) is 8.37. The number of fused-ring (bicyclic) bond motifs is 1. The summed E-state index contributed by atoms with van der Waals surface area (Å²) < 4.78 is 0. The minimum atomic E-state index is 0.476. The van der Waals surface area contributed by atoms with Gasteiger partial charge in [-0.05, 0) is 37.7 Å². The Labute approximate surface area is 129 Å². The van der Waals surface area contributed by atoms with Gasteiger partial charge in [-0.15, -0.1) is 11.3 Å². The van der Waals surface area contributed by atoms with Crippen molar-refractivity contribution >= 4 is 33.3 Å². The average molecular weight is 305 g/mol. The van der Waals surface area contributed by atoms with Crippen LogP contribution in [0.2, 0.25) is 0 Å². The number of nitrogens with two attached hydrogens (primary N) is 1. The first-order chi connectivity index (χ1) is 10.1. The first-order valence-corrected chi connectivity index (χ1v) is 8.45. The van der Waals surface area contributed by atoms with E-state index in [-0.39, 0.29) is 0 Å². The second kappa shape index (κ2) is 5.77. The van der Waals surface area contributed by atoms with Gasteiger partial charge in [-0.1, -0.05) is 20.3 Å². The monoisotopic (exact) mass is 305 g/mol. The van der Waals surface area contributed by atoms with Crippen molar-refractivity contribution in [2.24, 2.45) is 17.7 Å². The number of aryl methyl sites for hydroxylation is 1. The molecule has 3 atom stereocenters. The summed E-state index contributed by atoms with van der Waals surface area (Å²) in [6.45, 7) is 6.72. The van der Waals surface area contributed by atoms with Gasteiger partial charge in [-0.2, -0.15) is 4.98 Å². The van der Waals surface area contributed by atoms with Gasteiger partial charge in [0.1, 0.15) is 10.6 Å². The van der Waals surface area contributed by atoms with Crippen LogP contribution in [0.15, 0.2) is 6.07 Å². The van der Waals surface area contributed by atoms with Crippen LogP contribution in [0.1, 0.15) is 38.0 Å². The van der Waals surface area contributed by atoms with Gasteiger partial charge < -0.3 is 5.32 Å². The lowest BCUT2D eigenvalue weighted by molar-refractivity contribution is 0.391. The van der Waals surface area contributed by atoms with Crippen molar-refractivity contribution < 1.29 is 0 Å². The molecule has 0 amide bonds. The first kappa shape index (κ1) is 14.5. The van der Waals surface area contributed by atoms with E-state index < -0.39 is 0 Å². The Bertz CT molecular complexity index is 638. The highest BCUT2D eigenvalue weighted by Crippen LogP contribution is 2.37. The zero-order valence-electron chi connectivity index (χ0n) is 12.8. The molecule has 21 heavy (non-hydrogen) atoms. The Kier molecular flexibility index (Phi) is 3.99. The van der Waals surface area contributed by atoms with Crippen molar-refractivity contribution in [3.63, 3.8) is 0 Å². The zero-order valence-corrected chi connectivity index (χ0v) is 13.6. The quantitative estimate of drug-likeness (QED) is 0.595. The third kappa shape index (κ3) is 2.70. The molecule has 6 heteroatoms. The molecule has 1 saturated carbocycles. The zero-order chi connectivity index (χ0) is 15.0. The second-order valence-electron chi connectivity index (χ2n) is 5.97. The Balaban J connectivity index is 1.92. The molecule has 2 aromatic rings. The van der Waals surface area contributed by atoms with Gasteiger partial charge in [0.2, 0.25) is 5.95 Å². The molecule has 4 N–H and O–H groups in total. The van der Waals surface area contributed by atoms with E-state index in [1.165, 1.54) is 24.1 Å². The number of anilines is 2. The lowest BCUT2D eigenvalue weighted by atomic mass is 9.93. The van der Waals surface area contributed by atoms with E-state index in [0.717, 1.165) is 22.0 Å². The Hall–Kier alpha value is -1.40. The summed E-state index contributed by atoms with van der Waals surface area (Å²) in [5, 5.41) is 4.75. The lowest BCUT2D eigenvalue weighted by Gasteiger charge is -2.22. The predicted octanol–water partition coefficient (Wildman–Crippen LogP) is 3.52. The number of hydrogen-bond donors (Lipinski definition) is 3. The van der Waals surface area contributed by atoms with Crippen molar-refractivity contribution in [2.45, 2.75) is 46.1 Å². The van der Waals surface area contributed by atoms with Gasteiger partial charge >= 0.3 is 0 Å². The van der Waals surface area contributed by atoms with Crippen LogP contribution >= 0.6 is 11.3 Å². The normalized spacial score (nSPS) is 25.4. The predicted molar refractivity (Wildman–Crippen MR) is 89.6 cm³/mol. The molecule has 3 rings (SSSR count). The maximum atomic E-state index is 5.50. The Morgan fingerprint density at radius 2 is 2.19 bits per heavy atom. The van der Waals surface area contributed by atoms with Gasteiger partial charge in [0.25, 0.3) is 0 Å². The van der Waals surface area contributed by atoms with E-state index in [4.69, 9.17) is 5.84 Å². The molecule has 1 fully saturated rings. The third-order valence-corrected chi connectivity index (χ3v) is 5.66. The van der Waals surface area contributed by atoms with Gasteiger partial charge in [-0.25, -0.2) is 10.8 Å². The second-order valence-corrected chi connectivity index (χ2v) is 7.21. The molecule has 0 saturated heterocycles. The van der Waals surface area contributed by atoms with Crippen LogP contribution in [0.3, 0.4) is 0 Å². The number of nitrogen functional groups attached to an aromatic ring is 1. The summed E-state index contributed by atoms with van der Waals surface area (Å²) in [6, 6.07) is 2.64. The van der Waals surface area contributed by atoms with Crippen LogP contribution in [0.4, 0.5) is 11.8 Å². The molecule has 2 heterocycles. The van der Waals surface area contributed by atoms with Crippen LogP contribution in [-0.4, -0.2) is 16.0 Å². The molecule has 0 bridgehead atoms. The van der Waals surface area contributed by atoms with Crippen LogP contribution in [0, 0.1) is 18.8 Å². The minimum absolute atomic E-state index is 0.476. The summed E-state index contributed by atoms with van der Waals surface area (Å²) in [7, 11) is 0. The van der Waals surface area contributed by atoms with E-state index in [1.807, 2.05) is 0 Å². The van der Waals surface area contributed by atoms with E-state index in [0.29, 0.717) is 17.9 Å². The number of hydrogen-bond acceptors (Lipinski definition) is 6. The molecule has 0 spiro atoms. The largest absolute Gasteiger partial charge is 0.366 e. The molecule has 5 nitrogen and oxygen atoms in total. The van der Waals surface area contributed by atoms with E-state index >= 15 is 0 Å². The van der Waals surface area contributed by atoms with E-state index in [1.54, 1.807) is 11.3 Å². The number of nitrogens with zero attached hydrogens (tertiary/aromatic N) is 2. The number of hydrazine groups is 1. The standard InChI is InChI=1S/C15H23N5S/c1-4-10-5-6-12(9(10)3)17-13-11-7-8(2)21-14(11)19-15(18-13)20-16/h7,9-10,12H,4-6,16H2,1-3H3,(H2,17,18,19,20). The van der Waals surface area contributed by atoms with Crippen molar-refractivity contribution in [3.8, 4) is 0 Å². The molecule has 0 radical (unpaired) electrons.